The van der Waals surface area contributed by atoms with Gasteiger partial charge in [-0.1, -0.05) is 11.3 Å². The quantitative estimate of drug-likeness (QED) is 0.674. The second-order valence-electron chi connectivity index (χ2n) is 3.70. The van der Waals surface area contributed by atoms with Gasteiger partial charge < -0.3 is 10.1 Å². The monoisotopic (exact) mass is 282 g/mol. The van der Waals surface area contributed by atoms with E-state index in [1.165, 1.54) is 25.3 Å². The number of nitrogens with one attached hydrogen (secondary N) is 1. The molecule has 7 heteroatoms. The van der Waals surface area contributed by atoms with E-state index >= 15 is 0 Å². The molecule has 0 unspecified atom stereocenters. The van der Waals surface area contributed by atoms with Crippen molar-refractivity contribution in [2.24, 2.45) is 0 Å². The van der Waals surface area contributed by atoms with Crippen LogP contribution in [0.15, 0.2) is 30.3 Å². The summed E-state index contributed by atoms with van der Waals surface area (Å²) in [5.74, 6) is -0.276. The Bertz CT molecular complexity index is 600. The molecule has 0 aliphatic carbocycles. The Morgan fingerprint density at radius 1 is 1.42 bits per heavy atom. The molecule has 19 heavy (non-hydrogen) atoms. The number of rotatable bonds is 5. The minimum atomic E-state index is -0.454. The predicted molar refractivity (Wildman–Crippen MR) is 71.3 cm³/mol. The molecule has 0 atom stereocenters. The molecule has 2 aromatic rings. The van der Waals surface area contributed by atoms with Gasteiger partial charge in [-0.05, 0) is 18.2 Å². The number of nitrogens with zero attached hydrogens (tertiary/aromatic N) is 1. The Morgan fingerprint density at radius 3 is 2.79 bits per heavy atom. The van der Waals surface area contributed by atoms with Gasteiger partial charge in [0.2, 0.25) is 0 Å². The molecular weight excluding hydrogens is 271 g/mol. The van der Waals surface area contributed by atoms with Crippen molar-refractivity contribution in [1.29, 1.82) is 0 Å². The van der Waals surface area contributed by atoms with E-state index in [1.807, 2.05) is 0 Å². The Morgan fingerprint density at radius 2 is 2.21 bits per heavy atom. The highest BCUT2D eigenvalue weighted by molar-refractivity contribution is 7.15. The van der Waals surface area contributed by atoms with Gasteiger partial charge in [0.25, 0.3) is 0 Å². The largest absolute Gasteiger partial charge is 0.494 e. The standard InChI is InChI=1S/C12H11FN2O3S/c1-18-11-4-2-8(6-10(11)13)14-7-9-3-5-12(19-9)15(16)17/h2-6,14H,7H2,1H3. The Labute approximate surface area is 112 Å². The van der Waals surface area contributed by atoms with Crippen LogP contribution in [0.5, 0.6) is 5.75 Å². The maximum atomic E-state index is 13.4. The van der Waals surface area contributed by atoms with Crippen molar-refractivity contribution >= 4 is 22.0 Å². The summed E-state index contributed by atoms with van der Waals surface area (Å²) in [6.45, 7) is 0.407. The number of methoxy groups -OCH3 is 1. The van der Waals surface area contributed by atoms with Gasteiger partial charge in [0, 0.05) is 29.2 Å². The maximum Gasteiger partial charge on any atom is 0.324 e. The van der Waals surface area contributed by atoms with Gasteiger partial charge in [0.15, 0.2) is 11.6 Å². The molecule has 100 valence electrons. The molecular formula is C12H11FN2O3S. The van der Waals surface area contributed by atoms with Crippen molar-refractivity contribution in [2.45, 2.75) is 6.54 Å². The molecule has 2 rings (SSSR count). The number of thiophene rings is 1. The summed E-state index contributed by atoms with van der Waals surface area (Å²) >= 11 is 1.09. The molecule has 5 nitrogen and oxygen atoms in total. The van der Waals surface area contributed by atoms with Crippen molar-refractivity contribution in [3.8, 4) is 5.75 Å². The summed E-state index contributed by atoms with van der Waals surface area (Å²) in [7, 11) is 1.40. The van der Waals surface area contributed by atoms with Crippen molar-refractivity contribution in [3.63, 3.8) is 0 Å². The number of hydrogen-bond acceptors (Lipinski definition) is 5. The number of anilines is 1. The first-order chi connectivity index (χ1) is 9.10. The third-order valence-electron chi connectivity index (χ3n) is 2.45. The van der Waals surface area contributed by atoms with Crippen LogP contribution in [0.1, 0.15) is 4.88 Å². The highest BCUT2D eigenvalue weighted by atomic mass is 32.1. The van der Waals surface area contributed by atoms with Crippen LogP contribution in [0.4, 0.5) is 15.1 Å². The highest BCUT2D eigenvalue weighted by Gasteiger charge is 2.09. The minimum Gasteiger partial charge on any atom is -0.494 e. The summed E-state index contributed by atoms with van der Waals surface area (Å²) in [5, 5.41) is 13.6. The fourth-order valence-corrected chi connectivity index (χ4v) is 2.28. The lowest BCUT2D eigenvalue weighted by atomic mass is 10.3. The lowest BCUT2D eigenvalue weighted by molar-refractivity contribution is -0.380. The summed E-state index contributed by atoms with van der Waals surface area (Å²) in [6, 6.07) is 7.66. The maximum absolute atomic E-state index is 13.4. The molecule has 1 aromatic carbocycles. The average Bonchev–Trinajstić information content (AvgIpc) is 2.85. The molecule has 1 heterocycles. The van der Waals surface area contributed by atoms with Gasteiger partial charge in [0.05, 0.1) is 12.0 Å². The van der Waals surface area contributed by atoms with E-state index in [4.69, 9.17) is 4.74 Å². The zero-order valence-corrected chi connectivity index (χ0v) is 10.9. The normalized spacial score (nSPS) is 10.2. The molecule has 0 spiro atoms. The SMILES string of the molecule is COc1ccc(NCc2ccc([N+](=O)[O-])s2)cc1F. The molecule has 0 radical (unpaired) electrons. The molecule has 1 N–H and O–H groups in total. The van der Waals surface area contributed by atoms with E-state index in [0.717, 1.165) is 16.2 Å². The average molecular weight is 282 g/mol. The summed E-state index contributed by atoms with van der Waals surface area (Å²) in [6.07, 6.45) is 0. The summed E-state index contributed by atoms with van der Waals surface area (Å²) < 4.78 is 18.3. The van der Waals surface area contributed by atoms with E-state index in [0.29, 0.717) is 12.2 Å². The number of ether oxygens (including phenoxy) is 1. The lowest BCUT2D eigenvalue weighted by Gasteiger charge is -2.07. The smallest absolute Gasteiger partial charge is 0.324 e. The van der Waals surface area contributed by atoms with Crippen LogP contribution in [0, 0.1) is 15.9 Å². The molecule has 0 aliphatic rings. The Balaban J connectivity index is 2.01. The number of benzene rings is 1. The molecule has 0 amide bonds. The van der Waals surface area contributed by atoms with E-state index in [9.17, 15) is 14.5 Å². The van der Waals surface area contributed by atoms with Gasteiger partial charge in [0.1, 0.15) is 0 Å². The molecule has 0 saturated heterocycles. The Kier molecular flexibility index (Phi) is 3.96. The zero-order chi connectivity index (χ0) is 13.8. The second-order valence-corrected chi connectivity index (χ2v) is 4.85. The highest BCUT2D eigenvalue weighted by Crippen LogP contribution is 2.25. The van der Waals surface area contributed by atoms with E-state index in [2.05, 4.69) is 5.32 Å². The summed E-state index contributed by atoms with van der Waals surface area (Å²) in [5.41, 5.74) is 0.592. The summed E-state index contributed by atoms with van der Waals surface area (Å²) in [4.78, 5) is 10.9. The fourth-order valence-electron chi connectivity index (χ4n) is 1.53. The first kappa shape index (κ1) is 13.3. The molecule has 0 bridgehead atoms. The van der Waals surface area contributed by atoms with Crippen LogP contribution in [0.3, 0.4) is 0 Å². The van der Waals surface area contributed by atoms with Crippen LogP contribution >= 0.6 is 11.3 Å². The predicted octanol–water partition coefficient (Wildman–Crippen LogP) is 3.42. The molecule has 0 saturated carbocycles. The van der Waals surface area contributed by atoms with Crippen LogP contribution < -0.4 is 10.1 Å². The van der Waals surface area contributed by atoms with E-state index in [-0.39, 0.29) is 10.8 Å². The van der Waals surface area contributed by atoms with Crippen LogP contribution in [0.2, 0.25) is 0 Å². The van der Waals surface area contributed by atoms with Gasteiger partial charge in [-0.3, -0.25) is 10.1 Å². The van der Waals surface area contributed by atoms with Crippen LogP contribution in [-0.2, 0) is 6.54 Å². The van der Waals surface area contributed by atoms with Crippen molar-refractivity contribution < 1.29 is 14.1 Å². The minimum absolute atomic E-state index is 0.0951. The third-order valence-corrected chi connectivity index (χ3v) is 3.48. The van der Waals surface area contributed by atoms with E-state index < -0.39 is 10.7 Å². The van der Waals surface area contributed by atoms with E-state index in [1.54, 1.807) is 12.1 Å². The van der Waals surface area contributed by atoms with Crippen molar-refractivity contribution in [3.05, 3.63) is 51.1 Å². The topological polar surface area (TPSA) is 64.4 Å². The Hall–Kier alpha value is -2.15. The molecule has 0 aliphatic heterocycles. The van der Waals surface area contributed by atoms with Crippen LogP contribution in [0.25, 0.3) is 0 Å². The molecule has 0 fully saturated rings. The number of hydrogen-bond donors (Lipinski definition) is 1. The first-order valence-corrected chi connectivity index (χ1v) is 6.22. The number of halogens is 1. The fraction of sp³-hybridized carbons (Fsp3) is 0.167. The van der Waals surface area contributed by atoms with Crippen LogP contribution in [-0.4, -0.2) is 12.0 Å². The third kappa shape index (κ3) is 3.19. The van der Waals surface area contributed by atoms with Gasteiger partial charge >= 0.3 is 5.00 Å². The van der Waals surface area contributed by atoms with Crippen molar-refractivity contribution in [1.82, 2.24) is 0 Å². The van der Waals surface area contributed by atoms with Gasteiger partial charge in [-0.15, -0.1) is 0 Å². The van der Waals surface area contributed by atoms with Gasteiger partial charge in [-0.2, -0.15) is 0 Å². The number of nitro groups is 1. The zero-order valence-electron chi connectivity index (χ0n) is 10.1. The van der Waals surface area contributed by atoms with Crippen molar-refractivity contribution in [2.75, 3.05) is 12.4 Å². The van der Waals surface area contributed by atoms with Gasteiger partial charge in [-0.25, -0.2) is 4.39 Å². The lowest BCUT2D eigenvalue weighted by Crippen LogP contribution is -1.98. The first-order valence-electron chi connectivity index (χ1n) is 5.40. The molecule has 1 aromatic heterocycles. The second kappa shape index (κ2) is 5.66.